The van der Waals surface area contributed by atoms with Crippen molar-refractivity contribution < 1.29 is 9.90 Å². The summed E-state index contributed by atoms with van der Waals surface area (Å²) in [6.07, 6.45) is 2.54. The molecule has 0 amide bonds. The lowest BCUT2D eigenvalue weighted by Gasteiger charge is -2.28. The number of aliphatic hydroxyl groups is 1. The predicted octanol–water partition coefficient (Wildman–Crippen LogP) is 1.84. The molecular formula is C14H15Cl2N3O3S. The van der Waals surface area contributed by atoms with Crippen molar-refractivity contribution in [3.8, 4) is 0 Å². The molecule has 2 aromatic heterocycles. The van der Waals surface area contributed by atoms with E-state index in [9.17, 15) is 14.7 Å². The van der Waals surface area contributed by atoms with Gasteiger partial charge in [-0.3, -0.25) is 14.2 Å². The Morgan fingerprint density at radius 1 is 1.52 bits per heavy atom. The van der Waals surface area contributed by atoms with Gasteiger partial charge < -0.3 is 10.4 Å². The van der Waals surface area contributed by atoms with Gasteiger partial charge in [-0.2, -0.15) is 0 Å². The lowest BCUT2D eigenvalue weighted by atomic mass is 9.97. The second-order valence-corrected chi connectivity index (χ2v) is 7.56. The quantitative estimate of drug-likeness (QED) is 0.851. The van der Waals surface area contributed by atoms with E-state index < -0.39 is 6.10 Å². The molecule has 1 saturated heterocycles. The predicted molar refractivity (Wildman–Crippen MR) is 90.6 cm³/mol. The van der Waals surface area contributed by atoms with Gasteiger partial charge in [0.15, 0.2) is 5.78 Å². The maximum Gasteiger partial charge on any atom is 0.271 e. The highest BCUT2D eigenvalue weighted by Gasteiger charge is 2.25. The number of nitrogens with one attached hydrogen (secondary N) is 1. The summed E-state index contributed by atoms with van der Waals surface area (Å²) in [5.74, 6) is -0.138. The molecule has 23 heavy (non-hydrogen) atoms. The van der Waals surface area contributed by atoms with E-state index in [1.807, 2.05) is 0 Å². The molecule has 1 aliphatic rings. The summed E-state index contributed by atoms with van der Waals surface area (Å²) >= 11 is 13.0. The number of thiophene rings is 1. The molecule has 9 heteroatoms. The Kier molecular flexibility index (Phi) is 5.03. The highest BCUT2D eigenvalue weighted by molar-refractivity contribution is 7.23. The number of Topliss-reactive ketones (excluding diaryl/α,β-unsaturated/α-hetero) is 1. The zero-order valence-electron chi connectivity index (χ0n) is 12.1. The molecule has 0 saturated carbocycles. The van der Waals surface area contributed by atoms with Crippen molar-refractivity contribution >= 4 is 50.5 Å². The third kappa shape index (κ3) is 3.44. The molecule has 3 rings (SSSR count). The van der Waals surface area contributed by atoms with Crippen molar-refractivity contribution in [2.24, 2.45) is 0 Å². The Morgan fingerprint density at radius 2 is 2.30 bits per heavy atom. The van der Waals surface area contributed by atoms with Gasteiger partial charge in [0.1, 0.15) is 14.6 Å². The lowest BCUT2D eigenvalue weighted by molar-refractivity contribution is -0.121. The molecule has 124 valence electrons. The van der Waals surface area contributed by atoms with Crippen molar-refractivity contribution in [1.29, 1.82) is 0 Å². The van der Waals surface area contributed by atoms with E-state index in [2.05, 4.69) is 10.3 Å². The number of nitrogens with zero attached hydrogens (tertiary/aromatic N) is 2. The van der Waals surface area contributed by atoms with Gasteiger partial charge in [-0.05, 0) is 19.4 Å². The summed E-state index contributed by atoms with van der Waals surface area (Å²) in [6, 6.07) is -0.255. The van der Waals surface area contributed by atoms with E-state index in [0.29, 0.717) is 21.0 Å². The van der Waals surface area contributed by atoms with Crippen LogP contribution < -0.4 is 10.9 Å². The molecule has 0 radical (unpaired) electrons. The first-order valence-electron chi connectivity index (χ1n) is 7.23. The van der Waals surface area contributed by atoms with Gasteiger partial charge in [0.05, 0.1) is 24.0 Å². The maximum absolute atomic E-state index is 12.4. The van der Waals surface area contributed by atoms with Gasteiger partial charge in [0.25, 0.3) is 5.56 Å². The summed E-state index contributed by atoms with van der Waals surface area (Å²) in [5, 5.41) is 13.3. The number of hydrogen-bond donors (Lipinski definition) is 2. The van der Waals surface area contributed by atoms with Crippen molar-refractivity contribution in [1.82, 2.24) is 14.9 Å². The molecule has 2 N–H and O–H groups in total. The van der Waals surface area contributed by atoms with Crippen LogP contribution in [0.3, 0.4) is 0 Å². The topological polar surface area (TPSA) is 84.2 Å². The van der Waals surface area contributed by atoms with Crippen molar-refractivity contribution in [2.75, 3.05) is 6.54 Å². The molecule has 0 spiro atoms. The zero-order chi connectivity index (χ0) is 16.6. The molecule has 3 heterocycles. The van der Waals surface area contributed by atoms with Crippen LogP contribution in [0.15, 0.2) is 11.1 Å². The van der Waals surface area contributed by atoms with Crippen LogP contribution >= 0.6 is 34.5 Å². The Morgan fingerprint density at radius 3 is 3.04 bits per heavy atom. The lowest BCUT2D eigenvalue weighted by Crippen LogP contribution is -2.46. The monoisotopic (exact) mass is 375 g/mol. The van der Waals surface area contributed by atoms with Crippen molar-refractivity contribution in [2.45, 2.75) is 38.0 Å². The first-order valence-corrected chi connectivity index (χ1v) is 8.80. The van der Waals surface area contributed by atoms with Crippen LogP contribution in [0.2, 0.25) is 9.36 Å². The highest BCUT2D eigenvalue weighted by atomic mass is 35.5. The fraction of sp³-hybridized carbons (Fsp3) is 0.500. The summed E-state index contributed by atoms with van der Waals surface area (Å²) in [5.41, 5.74) is 0.0269. The number of hydrogen-bond acceptors (Lipinski definition) is 6. The fourth-order valence-corrected chi connectivity index (χ4v) is 4.16. The third-order valence-electron chi connectivity index (χ3n) is 3.91. The molecule has 1 aliphatic heterocycles. The number of ketones is 1. The van der Waals surface area contributed by atoms with Crippen LogP contribution in [0.25, 0.3) is 10.2 Å². The van der Waals surface area contributed by atoms with Gasteiger partial charge in [-0.25, -0.2) is 4.98 Å². The van der Waals surface area contributed by atoms with Crippen LogP contribution in [0, 0.1) is 0 Å². The van der Waals surface area contributed by atoms with Crippen LogP contribution in [0.5, 0.6) is 0 Å². The SMILES string of the molecule is O=C(C[C@@H]1NCCC[C@H]1O)Cn1cnc2c(Cl)c(Cl)sc2c1=O. The van der Waals surface area contributed by atoms with Crippen molar-refractivity contribution in [3.63, 3.8) is 0 Å². The largest absolute Gasteiger partial charge is 0.391 e. The van der Waals surface area contributed by atoms with Crippen LogP contribution in [-0.2, 0) is 11.3 Å². The standard InChI is InChI=1S/C14H15Cl2N3O3S/c15-10-11-12(23-13(10)16)14(22)19(6-18-11)5-7(20)4-8-9(21)2-1-3-17-8/h6,8-9,17,21H,1-5H2/t8-,9+/m0/s1. The van der Waals surface area contributed by atoms with Gasteiger partial charge in [-0.1, -0.05) is 23.2 Å². The van der Waals surface area contributed by atoms with Gasteiger partial charge in [-0.15, -0.1) is 11.3 Å². The van der Waals surface area contributed by atoms with Crippen LogP contribution in [0.1, 0.15) is 19.3 Å². The molecule has 1 fully saturated rings. The first kappa shape index (κ1) is 16.9. The number of piperidine rings is 1. The van der Waals surface area contributed by atoms with E-state index in [1.54, 1.807) is 0 Å². The molecule has 0 aliphatic carbocycles. The van der Waals surface area contributed by atoms with E-state index >= 15 is 0 Å². The highest BCUT2D eigenvalue weighted by Crippen LogP contribution is 2.35. The summed E-state index contributed by atoms with van der Waals surface area (Å²) < 4.78 is 1.90. The van der Waals surface area contributed by atoms with Gasteiger partial charge >= 0.3 is 0 Å². The Labute approximate surface area is 146 Å². The summed E-state index contributed by atoms with van der Waals surface area (Å²) in [4.78, 5) is 28.7. The number of aromatic nitrogens is 2. The smallest absolute Gasteiger partial charge is 0.271 e. The molecule has 0 bridgehead atoms. The second-order valence-electron chi connectivity index (χ2n) is 5.56. The van der Waals surface area contributed by atoms with Crippen LogP contribution in [0.4, 0.5) is 0 Å². The van der Waals surface area contributed by atoms with Gasteiger partial charge in [0, 0.05) is 12.5 Å². The Balaban J connectivity index is 1.77. The summed E-state index contributed by atoms with van der Waals surface area (Å²) in [6.45, 7) is 0.703. The number of carbonyl (C=O) groups excluding carboxylic acids is 1. The summed E-state index contributed by atoms with van der Waals surface area (Å²) in [7, 11) is 0. The average Bonchev–Trinajstić information content (AvgIpc) is 2.81. The van der Waals surface area contributed by atoms with E-state index in [1.165, 1.54) is 10.9 Å². The molecule has 6 nitrogen and oxygen atoms in total. The van der Waals surface area contributed by atoms with E-state index in [4.69, 9.17) is 23.2 Å². The molecule has 2 aromatic rings. The van der Waals surface area contributed by atoms with Crippen molar-refractivity contribution in [3.05, 3.63) is 26.0 Å². The molecule has 2 atom stereocenters. The zero-order valence-corrected chi connectivity index (χ0v) is 14.4. The van der Waals surface area contributed by atoms with E-state index in [0.717, 1.165) is 24.3 Å². The number of rotatable bonds is 4. The Hall–Kier alpha value is -0.990. The second kappa shape index (κ2) is 6.86. The Bertz CT molecular complexity index is 804. The molecule has 0 unspecified atom stereocenters. The number of halogens is 2. The first-order chi connectivity index (χ1) is 11.0. The maximum atomic E-state index is 12.4. The number of fused-ring (bicyclic) bond motifs is 1. The number of aliphatic hydroxyl groups excluding tert-OH is 1. The minimum absolute atomic E-state index is 0.0835. The third-order valence-corrected chi connectivity index (χ3v) is 5.86. The normalized spacial score (nSPS) is 21.7. The van der Waals surface area contributed by atoms with E-state index in [-0.39, 0.29) is 35.4 Å². The average molecular weight is 376 g/mol. The van der Waals surface area contributed by atoms with Crippen LogP contribution in [-0.4, -0.2) is 39.1 Å². The number of carbonyl (C=O) groups is 1. The molecule has 0 aromatic carbocycles. The minimum atomic E-state index is -0.528. The van der Waals surface area contributed by atoms with Gasteiger partial charge in [0.2, 0.25) is 0 Å². The molecular weight excluding hydrogens is 361 g/mol. The fourth-order valence-electron chi connectivity index (χ4n) is 2.70. The minimum Gasteiger partial charge on any atom is -0.391 e.